The van der Waals surface area contributed by atoms with Crippen molar-refractivity contribution in [2.24, 2.45) is 0 Å². The SMILES string of the molecule is COc1cc2c(cc1OC)CCC(c1ccccc1[N+](=O)[O-])=C2. The van der Waals surface area contributed by atoms with Crippen LogP contribution >= 0.6 is 0 Å². The van der Waals surface area contributed by atoms with E-state index < -0.39 is 0 Å². The van der Waals surface area contributed by atoms with Crippen molar-refractivity contribution in [3.63, 3.8) is 0 Å². The minimum atomic E-state index is -0.333. The Morgan fingerprint density at radius 2 is 1.74 bits per heavy atom. The Bertz CT molecular complexity index is 796. The maximum atomic E-state index is 11.2. The Kier molecular flexibility index (Phi) is 4.02. The Morgan fingerprint density at radius 1 is 1.04 bits per heavy atom. The largest absolute Gasteiger partial charge is 0.493 e. The molecule has 0 saturated heterocycles. The third-order valence-corrected chi connectivity index (χ3v) is 4.09. The van der Waals surface area contributed by atoms with Crippen molar-refractivity contribution in [1.82, 2.24) is 0 Å². The van der Waals surface area contributed by atoms with E-state index in [1.807, 2.05) is 24.3 Å². The van der Waals surface area contributed by atoms with Crippen LogP contribution in [0.2, 0.25) is 0 Å². The average molecular weight is 311 g/mol. The first-order chi connectivity index (χ1) is 11.1. The van der Waals surface area contributed by atoms with E-state index in [-0.39, 0.29) is 10.6 Å². The summed E-state index contributed by atoms with van der Waals surface area (Å²) in [6.45, 7) is 0. The molecule has 1 aliphatic rings. The summed E-state index contributed by atoms with van der Waals surface area (Å²) in [4.78, 5) is 10.9. The molecule has 5 heteroatoms. The van der Waals surface area contributed by atoms with Crippen LogP contribution < -0.4 is 9.47 Å². The monoisotopic (exact) mass is 311 g/mol. The zero-order valence-corrected chi connectivity index (χ0v) is 13.0. The molecule has 0 aliphatic heterocycles. The fourth-order valence-corrected chi connectivity index (χ4v) is 2.93. The van der Waals surface area contributed by atoms with Crippen molar-refractivity contribution in [3.05, 3.63) is 63.2 Å². The van der Waals surface area contributed by atoms with Gasteiger partial charge in [-0.15, -0.1) is 0 Å². The summed E-state index contributed by atoms with van der Waals surface area (Å²) in [6, 6.07) is 10.7. The number of hydrogen-bond donors (Lipinski definition) is 0. The zero-order valence-electron chi connectivity index (χ0n) is 13.0. The molecular weight excluding hydrogens is 294 g/mol. The molecular formula is C18H17NO4. The number of hydrogen-bond acceptors (Lipinski definition) is 4. The summed E-state index contributed by atoms with van der Waals surface area (Å²) in [5.74, 6) is 1.36. The second-order valence-electron chi connectivity index (χ2n) is 5.35. The molecule has 3 rings (SSSR count). The van der Waals surface area contributed by atoms with Gasteiger partial charge in [-0.25, -0.2) is 0 Å². The molecule has 0 spiro atoms. The van der Waals surface area contributed by atoms with Gasteiger partial charge in [0.1, 0.15) is 0 Å². The Morgan fingerprint density at radius 3 is 2.43 bits per heavy atom. The molecule has 0 saturated carbocycles. The summed E-state index contributed by atoms with van der Waals surface area (Å²) in [5.41, 5.74) is 3.96. The highest BCUT2D eigenvalue weighted by atomic mass is 16.6. The van der Waals surface area contributed by atoms with Crippen molar-refractivity contribution in [2.75, 3.05) is 14.2 Å². The molecule has 0 unspecified atom stereocenters. The summed E-state index contributed by atoms with van der Waals surface area (Å²) in [6.07, 6.45) is 3.57. The van der Waals surface area contributed by atoms with Gasteiger partial charge in [-0.3, -0.25) is 10.1 Å². The van der Waals surface area contributed by atoms with Crippen LogP contribution in [0.1, 0.15) is 23.1 Å². The van der Waals surface area contributed by atoms with Gasteiger partial charge < -0.3 is 9.47 Å². The smallest absolute Gasteiger partial charge is 0.276 e. The minimum Gasteiger partial charge on any atom is -0.493 e. The lowest BCUT2D eigenvalue weighted by Crippen LogP contribution is -2.03. The predicted molar refractivity (Wildman–Crippen MR) is 88.8 cm³/mol. The van der Waals surface area contributed by atoms with Crippen molar-refractivity contribution < 1.29 is 14.4 Å². The molecule has 0 radical (unpaired) electrons. The predicted octanol–water partition coefficient (Wildman–Crippen LogP) is 4.10. The average Bonchev–Trinajstić information content (AvgIpc) is 2.59. The Hall–Kier alpha value is -2.82. The molecule has 118 valence electrons. The number of para-hydroxylation sites is 1. The second-order valence-corrected chi connectivity index (χ2v) is 5.35. The van der Waals surface area contributed by atoms with Crippen molar-refractivity contribution >= 4 is 17.3 Å². The molecule has 0 bridgehead atoms. The summed E-state index contributed by atoms with van der Waals surface area (Å²) >= 11 is 0. The number of ether oxygens (including phenoxy) is 2. The summed E-state index contributed by atoms with van der Waals surface area (Å²) < 4.78 is 10.7. The minimum absolute atomic E-state index is 0.141. The van der Waals surface area contributed by atoms with Gasteiger partial charge in [0.25, 0.3) is 5.69 Å². The summed E-state index contributed by atoms with van der Waals surface area (Å²) in [7, 11) is 3.21. The number of methoxy groups -OCH3 is 2. The van der Waals surface area contributed by atoms with E-state index in [0.29, 0.717) is 17.1 Å². The number of nitro groups is 1. The van der Waals surface area contributed by atoms with E-state index in [1.54, 1.807) is 32.4 Å². The third-order valence-electron chi connectivity index (χ3n) is 4.09. The van der Waals surface area contributed by atoms with Crippen LogP contribution in [0.5, 0.6) is 11.5 Å². The number of aryl methyl sites for hydroxylation is 1. The zero-order chi connectivity index (χ0) is 16.4. The molecule has 0 heterocycles. The van der Waals surface area contributed by atoms with Crippen LogP contribution in [-0.2, 0) is 6.42 Å². The first kappa shape index (κ1) is 15.1. The van der Waals surface area contributed by atoms with Crippen LogP contribution in [0.3, 0.4) is 0 Å². The van der Waals surface area contributed by atoms with E-state index in [9.17, 15) is 10.1 Å². The van der Waals surface area contributed by atoms with Crippen LogP contribution in [0.4, 0.5) is 5.69 Å². The van der Waals surface area contributed by atoms with Gasteiger partial charge in [0, 0.05) is 6.07 Å². The summed E-state index contributed by atoms with van der Waals surface area (Å²) in [5, 5.41) is 11.2. The highest BCUT2D eigenvalue weighted by Gasteiger charge is 2.20. The first-order valence-electron chi connectivity index (χ1n) is 7.33. The Balaban J connectivity index is 2.09. The maximum absolute atomic E-state index is 11.2. The van der Waals surface area contributed by atoms with Gasteiger partial charge in [0.2, 0.25) is 0 Å². The Labute approximate surface area is 134 Å². The molecule has 0 amide bonds. The number of allylic oxidation sites excluding steroid dienone is 1. The van der Waals surface area contributed by atoms with Crippen LogP contribution in [-0.4, -0.2) is 19.1 Å². The molecule has 0 aromatic heterocycles. The van der Waals surface area contributed by atoms with E-state index in [0.717, 1.165) is 29.5 Å². The van der Waals surface area contributed by atoms with Crippen LogP contribution in [0, 0.1) is 10.1 Å². The van der Waals surface area contributed by atoms with Crippen molar-refractivity contribution in [3.8, 4) is 11.5 Å². The quantitative estimate of drug-likeness (QED) is 0.630. The molecule has 0 atom stereocenters. The number of rotatable bonds is 4. The normalized spacial score (nSPS) is 13.0. The number of nitrogens with zero attached hydrogens (tertiary/aromatic N) is 1. The third kappa shape index (κ3) is 2.77. The van der Waals surface area contributed by atoms with Crippen LogP contribution in [0.15, 0.2) is 36.4 Å². The molecule has 1 aliphatic carbocycles. The van der Waals surface area contributed by atoms with Gasteiger partial charge in [-0.1, -0.05) is 18.2 Å². The first-order valence-corrected chi connectivity index (χ1v) is 7.33. The molecule has 23 heavy (non-hydrogen) atoms. The number of nitro benzene ring substituents is 1. The van der Waals surface area contributed by atoms with Gasteiger partial charge >= 0.3 is 0 Å². The lowest BCUT2D eigenvalue weighted by Gasteiger charge is -2.19. The van der Waals surface area contributed by atoms with Gasteiger partial charge in [-0.2, -0.15) is 0 Å². The standard InChI is InChI=1S/C18H17NO4/c1-22-17-10-12-7-8-13(9-14(12)11-18(17)23-2)15-5-3-4-6-16(15)19(20)21/h3-6,9-11H,7-8H2,1-2H3. The van der Waals surface area contributed by atoms with Crippen LogP contribution in [0.25, 0.3) is 11.6 Å². The molecule has 2 aromatic carbocycles. The highest BCUT2D eigenvalue weighted by Crippen LogP contribution is 2.39. The molecule has 0 fully saturated rings. The fraction of sp³-hybridized carbons (Fsp3) is 0.222. The second kappa shape index (κ2) is 6.12. The van der Waals surface area contributed by atoms with Gasteiger partial charge in [-0.05, 0) is 47.7 Å². The van der Waals surface area contributed by atoms with Crippen molar-refractivity contribution in [1.29, 1.82) is 0 Å². The maximum Gasteiger partial charge on any atom is 0.276 e. The van der Waals surface area contributed by atoms with Crippen molar-refractivity contribution in [2.45, 2.75) is 12.8 Å². The lowest BCUT2D eigenvalue weighted by atomic mass is 9.88. The fourth-order valence-electron chi connectivity index (χ4n) is 2.93. The topological polar surface area (TPSA) is 61.6 Å². The highest BCUT2D eigenvalue weighted by molar-refractivity contribution is 5.88. The molecule has 0 N–H and O–H groups in total. The lowest BCUT2D eigenvalue weighted by molar-refractivity contribution is -0.385. The van der Waals surface area contributed by atoms with E-state index in [1.165, 1.54) is 0 Å². The number of fused-ring (bicyclic) bond motifs is 1. The molecule has 2 aromatic rings. The van der Waals surface area contributed by atoms with E-state index in [2.05, 4.69) is 0 Å². The number of benzene rings is 2. The molecule has 5 nitrogen and oxygen atoms in total. The van der Waals surface area contributed by atoms with E-state index >= 15 is 0 Å². The van der Waals surface area contributed by atoms with Gasteiger partial charge in [0.15, 0.2) is 11.5 Å². The van der Waals surface area contributed by atoms with E-state index in [4.69, 9.17) is 9.47 Å². The van der Waals surface area contributed by atoms with Gasteiger partial charge in [0.05, 0.1) is 24.7 Å².